The molecule has 0 aliphatic carbocycles. The van der Waals surface area contributed by atoms with Gasteiger partial charge in [-0.1, -0.05) is 0 Å². The first-order chi connectivity index (χ1) is 8.82. The van der Waals surface area contributed by atoms with E-state index in [9.17, 15) is 29.8 Å². The van der Waals surface area contributed by atoms with E-state index in [0.717, 1.165) is 0 Å². The number of fused-ring (bicyclic) bond motifs is 1. The number of nitro groups is 2. The molecular weight excluding hydrogens is 375 g/mol. The van der Waals surface area contributed by atoms with Crippen LogP contribution in [-0.4, -0.2) is 19.8 Å². The van der Waals surface area contributed by atoms with Crippen molar-refractivity contribution in [1.82, 2.24) is 9.97 Å². The van der Waals surface area contributed by atoms with Crippen molar-refractivity contribution in [3.8, 4) is 0 Å². The van der Waals surface area contributed by atoms with Crippen LogP contribution in [0.25, 0.3) is 11.0 Å². The van der Waals surface area contributed by atoms with Crippen molar-refractivity contribution < 1.29 is 9.85 Å². The first kappa shape index (κ1) is 13.1. The summed E-state index contributed by atoms with van der Waals surface area (Å²) in [4.78, 5) is 46.4. The van der Waals surface area contributed by atoms with Crippen molar-refractivity contribution in [3.05, 3.63) is 50.6 Å². The van der Waals surface area contributed by atoms with E-state index in [-0.39, 0.29) is 14.6 Å². The SMILES string of the molecule is O=c1[nH]c2cc(I)c([N+](=O)[O-])c([N+](=O)[O-])c2[nH]c1=O. The van der Waals surface area contributed by atoms with Gasteiger partial charge in [0.2, 0.25) is 0 Å². The smallest absolute Gasteiger partial charge is 0.316 e. The summed E-state index contributed by atoms with van der Waals surface area (Å²) in [6.45, 7) is 0. The van der Waals surface area contributed by atoms with Crippen LogP contribution in [0.2, 0.25) is 0 Å². The van der Waals surface area contributed by atoms with E-state index in [1.165, 1.54) is 6.07 Å². The molecule has 0 bridgehead atoms. The lowest BCUT2D eigenvalue weighted by molar-refractivity contribution is -0.422. The van der Waals surface area contributed by atoms with Gasteiger partial charge in [-0.15, -0.1) is 0 Å². The summed E-state index contributed by atoms with van der Waals surface area (Å²) in [5.41, 5.74) is -4.15. The molecule has 2 N–H and O–H groups in total. The number of nitrogens with zero attached hydrogens (tertiary/aromatic N) is 2. The normalized spacial score (nSPS) is 10.6. The van der Waals surface area contributed by atoms with Crippen molar-refractivity contribution >= 4 is 45.0 Å². The molecule has 1 aromatic heterocycles. The molecule has 0 unspecified atom stereocenters. The molecule has 11 heteroatoms. The minimum atomic E-state index is -1.12. The topological polar surface area (TPSA) is 152 Å². The summed E-state index contributed by atoms with van der Waals surface area (Å²) in [6, 6.07) is 1.18. The largest absolute Gasteiger partial charge is 0.372 e. The molecule has 19 heavy (non-hydrogen) atoms. The number of nitro benzene ring substituents is 2. The second kappa shape index (κ2) is 4.42. The highest BCUT2D eigenvalue weighted by atomic mass is 127. The third-order valence-corrected chi connectivity index (χ3v) is 3.11. The molecule has 1 heterocycles. The molecule has 1 aromatic carbocycles. The van der Waals surface area contributed by atoms with Gasteiger partial charge in [-0.2, -0.15) is 0 Å². The first-order valence-electron chi connectivity index (χ1n) is 4.60. The highest BCUT2D eigenvalue weighted by Gasteiger charge is 2.32. The highest BCUT2D eigenvalue weighted by Crippen LogP contribution is 2.36. The fourth-order valence-corrected chi connectivity index (χ4v) is 2.32. The second-order valence-electron chi connectivity index (χ2n) is 3.40. The molecule has 0 aliphatic heterocycles. The lowest BCUT2D eigenvalue weighted by Crippen LogP contribution is -2.29. The van der Waals surface area contributed by atoms with E-state index in [0.29, 0.717) is 0 Å². The van der Waals surface area contributed by atoms with E-state index >= 15 is 0 Å². The monoisotopic (exact) mass is 378 g/mol. The Bertz CT molecular complexity index is 837. The number of H-pyrrole nitrogens is 2. The number of benzene rings is 1. The van der Waals surface area contributed by atoms with Crippen molar-refractivity contribution in [2.75, 3.05) is 0 Å². The molecule has 2 rings (SSSR count). The van der Waals surface area contributed by atoms with Gasteiger partial charge in [0.1, 0.15) is 3.57 Å². The standard InChI is InChI=1S/C8H3IN4O6/c9-2-1-3-4(11-8(15)7(14)10-3)6(13(18)19)5(2)12(16)17/h1H,(H,10,14)(H,11,15). The van der Waals surface area contributed by atoms with E-state index in [2.05, 4.69) is 4.98 Å². The minimum absolute atomic E-state index is 0.0236. The molecular formula is C8H3IN4O6. The van der Waals surface area contributed by atoms with E-state index in [4.69, 9.17) is 0 Å². The molecule has 0 fully saturated rings. The Balaban J connectivity index is 3.12. The summed E-state index contributed by atoms with van der Waals surface area (Å²) >= 11 is 1.54. The predicted molar refractivity (Wildman–Crippen MR) is 71.2 cm³/mol. The van der Waals surface area contributed by atoms with Crippen LogP contribution >= 0.6 is 22.6 Å². The molecule has 10 nitrogen and oxygen atoms in total. The number of hydrogen-bond donors (Lipinski definition) is 2. The lowest BCUT2D eigenvalue weighted by atomic mass is 10.2. The number of halogens is 1. The molecule has 0 spiro atoms. The van der Waals surface area contributed by atoms with Crippen LogP contribution in [0.4, 0.5) is 11.4 Å². The van der Waals surface area contributed by atoms with Crippen LogP contribution in [0.3, 0.4) is 0 Å². The summed E-state index contributed by atoms with van der Waals surface area (Å²) < 4.78 is -0.0236. The maximum atomic E-state index is 11.2. The van der Waals surface area contributed by atoms with Crippen LogP contribution in [0.5, 0.6) is 0 Å². The molecule has 0 radical (unpaired) electrons. The second-order valence-corrected chi connectivity index (χ2v) is 4.56. The van der Waals surface area contributed by atoms with Crippen molar-refractivity contribution in [2.24, 2.45) is 0 Å². The number of rotatable bonds is 2. The Morgan fingerprint density at radius 1 is 1.00 bits per heavy atom. The highest BCUT2D eigenvalue weighted by molar-refractivity contribution is 14.1. The average Bonchev–Trinajstić information content (AvgIpc) is 2.29. The quantitative estimate of drug-likeness (QED) is 0.339. The van der Waals surface area contributed by atoms with E-state index in [1.807, 2.05) is 4.98 Å². The lowest BCUT2D eigenvalue weighted by Gasteiger charge is -2.02. The van der Waals surface area contributed by atoms with Crippen LogP contribution in [0.15, 0.2) is 15.7 Å². The van der Waals surface area contributed by atoms with Gasteiger partial charge in [0.25, 0.3) is 0 Å². The van der Waals surface area contributed by atoms with Crippen molar-refractivity contribution in [3.63, 3.8) is 0 Å². The average molecular weight is 378 g/mol. The zero-order chi connectivity index (χ0) is 14.3. The number of hydrogen-bond acceptors (Lipinski definition) is 6. The van der Waals surface area contributed by atoms with Gasteiger partial charge in [-0.25, -0.2) is 0 Å². The Labute approximate surface area is 115 Å². The Morgan fingerprint density at radius 2 is 1.53 bits per heavy atom. The Kier molecular flexibility index (Phi) is 3.05. The third kappa shape index (κ3) is 2.07. The summed E-state index contributed by atoms with van der Waals surface area (Å²) in [6.07, 6.45) is 0. The molecule has 0 amide bonds. The molecule has 0 saturated carbocycles. The molecule has 2 aromatic rings. The van der Waals surface area contributed by atoms with E-state index in [1.54, 1.807) is 22.6 Å². The molecule has 0 saturated heterocycles. The van der Waals surface area contributed by atoms with Gasteiger partial charge in [-0.05, 0) is 28.7 Å². The van der Waals surface area contributed by atoms with Crippen LogP contribution in [-0.2, 0) is 0 Å². The first-order valence-corrected chi connectivity index (χ1v) is 5.68. The van der Waals surface area contributed by atoms with Crippen LogP contribution in [0, 0.1) is 23.8 Å². The van der Waals surface area contributed by atoms with Gasteiger partial charge in [0.05, 0.1) is 15.4 Å². The fraction of sp³-hybridized carbons (Fsp3) is 0. The zero-order valence-electron chi connectivity index (χ0n) is 8.80. The Hall–Kier alpha value is -2.31. The van der Waals surface area contributed by atoms with Gasteiger partial charge < -0.3 is 9.97 Å². The molecule has 0 atom stereocenters. The summed E-state index contributed by atoms with van der Waals surface area (Å²) in [5.74, 6) is 0. The zero-order valence-corrected chi connectivity index (χ0v) is 11.0. The minimum Gasteiger partial charge on any atom is -0.316 e. The Morgan fingerprint density at radius 3 is 2.05 bits per heavy atom. The number of aromatic nitrogens is 2. The molecule has 98 valence electrons. The van der Waals surface area contributed by atoms with Gasteiger partial charge in [-0.3, -0.25) is 29.8 Å². The number of nitrogens with one attached hydrogen (secondary N) is 2. The number of aromatic amines is 2. The van der Waals surface area contributed by atoms with E-state index < -0.39 is 32.3 Å². The van der Waals surface area contributed by atoms with Gasteiger partial charge in [0, 0.05) is 0 Å². The predicted octanol–water partition coefficient (Wildman–Crippen LogP) is 0.637. The summed E-state index contributed by atoms with van der Waals surface area (Å²) in [5, 5.41) is 21.8. The summed E-state index contributed by atoms with van der Waals surface area (Å²) in [7, 11) is 0. The fourth-order valence-electron chi connectivity index (χ4n) is 1.55. The van der Waals surface area contributed by atoms with Crippen molar-refractivity contribution in [2.45, 2.75) is 0 Å². The maximum absolute atomic E-state index is 11.2. The van der Waals surface area contributed by atoms with Crippen LogP contribution in [0.1, 0.15) is 0 Å². The van der Waals surface area contributed by atoms with Gasteiger partial charge in [0.15, 0.2) is 5.52 Å². The third-order valence-electron chi connectivity index (χ3n) is 2.29. The van der Waals surface area contributed by atoms with Gasteiger partial charge >= 0.3 is 22.5 Å². The molecule has 0 aliphatic rings. The van der Waals surface area contributed by atoms with Crippen LogP contribution < -0.4 is 11.1 Å². The van der Waals surface area contributed by atoms with Crippen molar-refractivity contribution in [1.29, 1.82) is 0 Å². The maximum Gasteiger partial charge on any atom is 0.372 e.